The molecule has 1 unspecified atom stereocenters. The molecule has 0 saturated carbocycles. The van der Waals surface area contributed by atoms with Gasteiger partial charge in [-0.2, -0.15) is 0 Å². The van der Waals surface area contributed by atoms with Crippen LogP contribution in [0.15, 0.2) is 53.9 Å². The van der Waals surface area contributed by atoms with E-state index < -0.39 is 6.04 Å². The number of nitrogens with zero attached hydrogens (tertiary/aromatic N) is 3. The summed E-state index contributed by atoms with van der Waals surface area (Å²) in [7, 11) is 1.65. The average Bonchev–Trinajstić information content (AvgIpc) is 2.96. The van der Waals surface area contributed by atoms with E-state index >= 15 is 0 Å². The Bertz CT molecular complexity index is 961. The number of carbonyl (C=O) groups is 2. The number of urea groups is 1. The molecule has 4 rings (SSSR count). The molecule has 0 fully saturated rings. The predicted molar refractivity (Wildman–Crippen MR) is 102 cm³/mol. The van der Waals surface area contributed by atoms with E-state index in [-0.39, 0.29) is 11.9 Å². The molecule has 0 aliphatic carbocycles. The zero-order valence-electron chi connectivity index (χ0n) is 14.4. The molecule has 2 aliphatic heterocycles. The number of pyridine rings is 1. The zero-order valence-corrected chi connectivity index (χ0v) is 16.0. The van der Waals surface area contributed by atoms with Gasteiger partial charge in [0.15, 0.2) is 0 Å². The van der Waals surface area contributed by atoms with Gasteiger partial charge in [-0.25, -0.2) is 4.79 Å². The molecule has 3 heterocycles. The third kappa shape index (κ3) is 3.15. The van der Waals surface area contributed by atoms with Crippen LogP contribution < -0.4 is 5.32 Å². The van der Waals surface area contributed by atoms with Crippen LogP contribution in [0.2, 0.25) is 10.0 Å². The minimum absolute atomic E-state index is 0.140. The van der Waals surface area contributed by atoms with E-state index in [4.69, 9.17) is 23.2 Å². The van der Waals surface area contributed by atoms with Crippen molar-refractivity contribution in [2.24, 2.45) is 0 Å². The minimum Gasteiger partial charge on any atom is -0.327 e. The monoisotopic (exact) mass is 402 g/mol. The Kier molecular flexibility index (Phi) is 4.53. The highest BCUT2D eigenvalue weighted by atomic mass is 35.5. The molecule has 0 saturated heterocycles. The molecule has 2 aliphatic rings. The quantitative estimate of drug-likeness (QED) is 0.855. The maximum atomic E-state index is 13.2. The Morgan fingerprint density at radius 3 is 2.74 bits per heavy atom. The number of nitrogens with one attached hydrogen (secondary N) is 1. The van der Waals surface area contributed by atoms with Gasteiger partial charge in [0.2, 0.25) is 0 Å². The van der Waals surface area contributed by atoms with Gasteiger partial charge in [0, 0.05) is 23.3 Å². The first kappa shape index (κ1) is 17.8. The lowest BCUT2D eigenvalue weighted by Crippen LogP contribution is -2.45. The number of hydrogen-bond donors (Lipinski definition) is 1. The van der Waals surface area contributed by atoms with Gasteiger partial charge in [-0.05, 0) is 29.8 Å². The van der Waals surface area contributed by atoms with E-state index in [0.717, 1.165) is 5.69 Å². The molecule has 0 radical (unpaired) electrons. The van der Waals surface area contributed by atoms with Crippen LogP contribution >= 0.6 is 23.2 Å². The summed E-state index contributed by atoms with van der Waals surface area (Å²) in [6.45, 7) is 0.714. The summed E-state index contributed by atoms with van der Waals surface area (Å²) in [6.07, 6.45) is 1.69. The summed E-state index contributed by atoms with van der Waals surface area (Å²) < 4.78 is 0. The van der Waals surface area contributed by atoms with Crippen molar-refractivity contribution in [2.45, 2.75) is 12.6 Å². The van der Waals surface area contributed by atoms with Gasteiger partial charge in [-0.1, -0.05) is 35.3 Å². The minimum atomic E-state index is -0.616. The summed E-state index contributed by atoms with van der Waals surface area (Å²) in [5.41, 5.74) is 2.63. The fourth-order valence-corrected chi connectivity index (χ4v) is 3.92. The zero-order chi connectivity index (χ0) is 19.1. The highest BCUT2D eigenvalue weighted by Crippen LogP contribution is 2.39. The second kappa shape index (κ2) is 6.87. The summed E-state index contributed by atoms with van der Waals surface area (Å²) in [4.78, 5) is 33.0. The lowest BCUT2D eigenvalue weighted by atomic mass is 9.95. The molecule has 2 aromatic rings. The SMILES string of the molecule is CN1C(=O)NC(c2ccc(Cl)cc2Cl)C2=C1CN(Cc1ccccn1)C2=O. The van der Waals surface area contributed by atoms with Crippen LogP contribution in [0.25, 0.3) is 0 Å². The molecule has 0 bridgehead atoms. The van der Waals surface area contributed by atoms with Gasteiger partial charge < -0.3 is 10.2 Å². The Hall–Kier alpha value is -2.57. The number of amides is 3. The highest BCUT2D eigenvalue weighted by Gasteiger charge is 2.43. The Balaban J connectivity index is 1.71. The van der Waals surface area contributed by atoms with Crippen LogP contribution in [-0.4, -0.2) is 40.3 Å². The maximum absolute atomic E-state index is 13.2. The first-order chi connectivity index (χ1) is 13.0. The predicted octanol–water partition coefficient (Wildman–Crippen LogP) is 3.38. The van der Waals surface area contributed by atoms with Gasteiger partial charge in [-0.3, -0.25) is 14.7 Å². The fourth-order valence-electron chi connectivity index (χ4n) is 3.41. The molecule has 8 heteroatoms. The number of halogens is 2. The Morgan fingerprint density at radius 1 is 1.22 bits per heavy atom. The van der Waals surface area contributed by atoms with Crippen molar-refractivity contribution in [3.8, 4) is 0 Å². The molecule has 6 nitrogen and oxygen atoms in total. The van der Waals surface area contributed by atoms with Crippen LogP contribution in [0.4, 0.5) is 4.79 Å². The molecule has 1 aromatic carbocycles. The third-order valence-corrected chi connectivity index (χ3v) is 5.35. The second-order valence-electron chi connectivity index (χ2n) is 6.45. The van der Waals surface area contributed by atoms with Crippen molar-refractivity contribution >= 4 is 35.1 Å². The molecule has 138 valence electrons. The number of aromatic nitrogens is 1. The van der Waals surface area contributed by atoms with Gasteiger partial charge in [-0.15, -0.1) is 0 Å². The standard InChI is InChI=1S/C19H16Cl2N4O2/c1-24-15-10-25(9-12-4-2-3-7-22-12)18(26)16(15)17(23-19(24)27)13-6-5-11(20)8-14(13)21/h2-8,17H,9-10H2,1H3,(H,23,27). The van der Waals surface area contributed by atoms with Gasteiger partial charge in [0.05, 0.1) is 36.1 Å². The lowest BCUT2D eigenvalue weighted by Gasteiger charge is -2.31. The van der Waals surface area contributed by atoms with Crippen molar-refractivity contribution in [1.82, 2.24) is 20.1 Å². The van der Waals surface area contributed by atoms with E-state index in [1.54, 1.807) is 36.3 Å². The second-order valence-corrected chi connectivity index (χ2v) is 7.29. The summed E-state index contributed by atoms with van der Waals surface area (Å²) in [5.74, 6) is -0.140. The highest BCUT2D eigenvalue weighted by molar-refractivity contribution is 6.35. The summed E-state index contributed by atoms with van der Waals surface area (Å²) >= 11 is 12.3. The van der Waals surface area contributed by atoms with Crippen LogP contribution in [0.5, 0.6) is 0 Å². The van der Waals surface area contributed by atoms with E-state index in [1.807, 2.05) is 18.2 Å². The molecule has 27 heavy (non-hydrogen) atoms. The van der Waals surface area contributed by atoms with Crippen molar-refractivity contribution in [3.63, 3.8) is 0 Å². The van der Waals surface area contributed by atoms with Gasteiger partial charge in [0.1, 0.15) is 0 Å². The fraction of sp³-hybridized carbons (Fsp3) is 0.211. The molecule has 1 N–H and O–H groups in total. The summed E-state index contributed by atoms with van der Waals surface area (Å²) in [5, 5.41) is 3.76. The molecule has 1 aromatic heterocycles. The normalized spacial score (nSPS) is 19.4. The van der Waals surface area contributed by atoms with E-state index in [9.17, 15) is 9.59 Å². The lowest BCUT2D eigenvalue weighted by molar-refractivity contribution is -0.126. The van der Waals surface area contributed by atoms with Crippen molar-refractivity contribution < 1.29 is 9.59 Å². The number of hydrogen-bond acceptors (Lipinski definition) is 3. The van der Waals surface area contributed by atoms with Crippen LogP contribution in [0.3, 0.4) is 0 Å². The number of rotatable bonds is 3. The Morgan fingerprint density at radius 2 is 2.04 bits per heavy atom. The van der Waals surface area contributed by atoms with Crippen LogP contribution in [-0.2, 0) is 11.3 Å². The van der Waals surface area contributed by atoms with E-state index in [0.29, 0.717) is 40.0 Å². The van der Waals surface area contributed by atoms with Gasteiger partial charge in [0.25, 0.3) is 5.91 Å². The van der Waals surface area contributed by atoms with Crippen molar-refractivity contribution in [3.05, 3.63) is 75.2 Å². The molecule has 1 atom stereocenters. The summed E-state index contributed by atoms with van der Waals surface area (Å²) in [6, 6.07) is 9.71. The molecular formula is C19H16Cl2N4O2. The van der Waals surface area contributed by atoms with Crippen molar-refractivity contribution in [2.75, 3.05) is 13.6 Å². The number of benzene rings is 1. The number of likely N-dealkylation sites (N-methyl/N-ethyl adjacent to an activating group) is 1. The van der Waals surface area contributed by atoms with Crippen LogP contribution in [0, 0.1) is 0 Å². The smallest absolute Gasteiger partial charge is 0.322 e. The molecule has 3 amide bonds. The largest absolute Gasteiger partial charge is 0.327 e. The molecule has 0 spiro atoms. The van der Waals surface area contributed by atoms with Gasteiger partial charge >= 0.3 is 6.03 Å². The average molecular weight is 403 g/mol. The third-order valence-electron chi connectivity index (χ3n) is 4.79. The maximum Gasteiger partial charge on any atom is 0.322 e. The van der Waals surface area contributed by atoms with E-state index in [1.165, 1.54) is 4.90 Å². The first-order valence-electron chi connectivity index (χ1n) is 8.37. The first-order valence-corrected chi connectivity index (χ1v) is 9.12. The number of carbonyl (C=O) groups excluding carboxylic acids is 2. The van der Waals surface area contributed by atoms with E-state index in [2.05, 4.69) is 10.3 Å². The van der Waals surface area contributed by atoms with Crippen LogP contribution in [0.1, 0.15) is 17.3 Å². The topological polar surface area (TPSA) is 65.5 Å². The Labute approximate surface area is 166 Å². The molecular weight excluding hydrogens is 387 g/mol. The van der Waals surface area contributed by atoms with Crippen molar-refractivity contribution in [1.29, 1.82) is 0 Å².